The van der Waals surface area contributed by atoms with Crippen molar-refractivity contribution < 1.29 is 22.7 Å². The van der Waals surface area contributed by atoms with Gasteiger partial charge in [0.05, 0.1) is 0 Å². The number of carbonyl (C=O) groups excluding carboxylic acids is 1. The molecule has 0 radical (unpaired) electrons. The van der Waals surface area contributed by atoms with Crippen molar-refractivity contribution >= 4 is 23.8 Å². The zero-order chi connectivity index (χ0) is 15.4. The van der Waals surface area contributed by atoms with E-state index in [1.807, 2.05) is 0 Å². The van der Waals surface area contributed by atoms with E-state index in [-0.39, 0.29) is 16.7 Å². The Labute approximate surface area is 120 Å². The zero-order valence-electron chi connectivity index (χ0n) is 11.3. The molecule has 20 heavy (non-hydrogen) atoms. The Morgan fingerprint density at radius 1 is 1.15 bits per heavy atom. The van der Waals surface area contributed by atoms with E-state index < -0.39 is 17.1 Å². The molecule has 0 unspecified atom stereocenters. The molecule has 0 fully saturated rings. The molecular weight excluding hydrogens is 289 g/mol. The van der Waals surface area contributed by atoms with Crippen LogP contribution in [0.2, 0.25) is 0 Å². The van der Waals surface area contributed by atoms with Crippen molar-refractivity contribution in [2.75, 3.05) is 0 Å². The van der Waals surface area contributed by atoms with Gasteiger partial charge in [-0.1, -0.05) is 12.1 Å². The second kappa shape index (κ2) is 6.35. The third-order valence-electron chi connectivity index (χ3n) is 1.93. The van der Waals surface area contributed by atoms with Crippen molar-refractivity contribution in [1.82, 2.24) is 0 Å². The van der Waals surface area contributed by atoms with Crippen LogP contribution in [0.1, 0.15) is 26.3 Å². The molecule has 0 amide bonds. The number of carbonyl (C=O) groups is 1. The van der Waals surface area contributed by atoms with Crippen molar-refractivity contribution in [3.8, 4) is 0 Å². The number of hydrogen-bond acceptors (Lipinski definition) is 3. The van der Waals surface area contributed by atoms with E-state index in [1.54, 1.807) is 20.8 Å². The maximum absolute atomic E-state index is 12.1. The molecule has 0 spiro atoms. The lowest BCUT2D eigenvalue weighted by Crippen LogP contribution is -2.22. The van der Waals surface area contributed by atoms with Crippen LogP contribution in [-0.4, -0.2) is 17.1 Å². The molecule has 0 aliphatic rings. The quantitative estimate of drug-likeness (QED) is 0.462. The number of hydrogen-bond donors (Lipinski definition) is 0. The van der Waals surface area contributed by atoms with Gasteiger partial charge in [-0.25, -0.2) is 4.79 Å². The summed E-state index contributed by atoms with van der Waals surface area (Å²) in [5.41, 5.74) is -4.25. The van der Waals surface area contributed by atoms with Crippen LogP contribution in [0, 0.1) is 0 Å². The van der Waals surface area contributed by atoms with E-state index in [1.165, 1.54) is 36.4 Å². The SMILES string of the molecule is CC(C)(C)OC(=O)/C=C/c1ccc(SC(F)(F)F)cc1. The van der Waals surface area contributed by atoms with Crippen LogP contribution < -0.4 is 0 Å². The first-order valence-corrected chi connectivity index (χ1v) is 6.64. The van der Waals surface area contributed by atoms with Gasteiger partial charge in [-0.3, -0.25) is 0 Å². The average molecular weight is 304 g/mol. The van der Waals surface area contributed by atoms with Gasteiger partial charge in [-0.2, -0.15) is 13.2 Å². The summed E-state index contributed by atoms with van der Waals surface area (Å²) >= 11 is -0.174. The monoisotopic (exact) mass is 304 g/mol. The molecular formula is C14H15F3O2S. The molecule has 2 nitrogen and oxygen atoms in total. The molecule has 0 N–H and O–H groups in total. The number of alkyl halides is 3. The van der Waals surface area contributed by atoms with Crippen LogP contribution in [0.3, 0.4) is 0 Å². The normalized spacial score (nSPS) is 12.7. The van der Waals surface area contributed by atoms with E-state index in [9.17, 15) is 18.0 Å². The Hall–Kier alpha value is -1.43. The van der Waals surface area contributed by atoms with Crippen molar-refractivity contribution in [2.45, 2.75) is 36.8 Å². The standard InChI is InChI=1S/C14H15F3O2S/c1-13(2,3)19-12(18)9-6-10-4-7-11(8-5-10)20-14(15,16)17/h4-9H,1-3H3/b9-6+. The third-order valence-corrected chi connectivity index (χ3v) is 2.67. The molecule has 1 aromatic carbocycles. The minimum absolute atomic E-state index is 0.104. The number of rotatable bonds is 3. The maximum Gasteiger partial charge on any atom is 0.446 e. The predicted molar refractivity (Wildman–Crippen MR) is 73.2 cm³/mol. The highest BCUT2D eigenvalue weighted by Crippen LogP contribution is 2.36. The van der Waals surface area contributed by atoms with Crippen LogP contribution in [-0.2, 0) is 9.53 Å². The highest BCUT2D eigenvalue weighted by Gasteiger charge is 2.28. The Morgan fingerprint density at radius 2 is 1.70 bits per heavy atom. The summed E-state index contributed by atoms with van der Waals surface area (Å²) in [5, 5.41) is 0. The number of halogens is 3. The van der Waals surface area contributed by atoms with Gasteiger partial charge in [0.1, 0.15) is 5.60 Å². The van der Waals surface area contributed by atoms with E-state index in [0.29, 0.717) is 5.56 Å². The van der Waals surface area contributed by atoms with Gasteiger partial charge in [0.15, 0.2) is 0 Å². The maximum atomic E-state index is 12.1. The Kier molecular flexibility index (Phi) is 5.28. The van der Waals surface area contributed by atoms with Crippen molar-refractivity contribution in [1.29, 1.82) is 0 Å². The molecule has 0 aliphatic carbocycles. The molecule has 1 aromatic rings. The lowest BCUT2D eigenvalue weighted by Gasteiger charge is -2.17. The van der Waals surface area contributed by atoms with Gasteiger partial charge < -0.3 is 4.74 Å². The van der Waals surface area contributed by atoms with Gasteiger partial charge in [-0.15, -0.1) is 0 Å². The first-order valence-electron chi connectivity index (χ1n) is 5.82. The topological polar surface area (TPSA) is 26.3 Å². The second-order valence-corrected chi connectivity index (χ2v) is 6.12. The number of thioether (sulfide) groups is 1. The molecule has 0 atom stereocenters. The van der Waals surface area contributed by atoms with E-state index in [2.05, 4.69) is 0 Å². The predicted octanol–water partition coefficient (Wildman–Crippen LogP) is 4.65. The minimum Gasteiger partial charge on any atom is -0.457 e. The van der Waals surface area contributed by atoms with Crippen LogP contribution in [0.5, 0.6) is 0 Å². The second-order valence-electron chi connectivity index (χ2n) is 4.98. The van der Waals surface area contributed by atoms with Crippen LogP contribution in [0.4, 0.5) is 13.2 Å². The number of benzene rings is 1. The van der Waals surface area contributed by atoms with Gasteiger partial charge in [0.25, 0.3) is 0 Å². The first kappa shape index (κ1) is 16.6. The fourth-order valence-corrected chi connectivity index (χ4v) is 1.82. The molecule has 110 valence electrons. The van der Waals surface area contributed by atoms with Gasteiger partial charge in [0, 0.05) is 11.0 Å². The molecule has 0 saturated heterocycles. The Morgan fingerprint density at radius 3 is 2.15 bits per heavy atom. The van der Waals surface area contributed by atoms with E-state index in [0.717, 1.165) is 0 Å². The lowest BCUT2D eigenvalue weighted by atomic mass is 10.2. The highest BCUT2D eigenvalue weighted by atomic mass is 32.2. The molecule has 0 aromatic heterocycles. The Balaban J connectivity index is 2.64. The van der Waals surface area contributed by atoms with Crippen molar-refractivity contribution in [3.63, 3.8) is 0 Å². The van der Waals surface area contributed by atoms with E-state index in [4.69, 9.17) is 4.74 Å². The van der Waals surface area contributed by atoms with E-state index >= 15 is 0 Å². The minimum atomic E-state index is -4.30. The third kappa shape index (κ3) is 7.23. The highest BCUT2D eigenvalue weighted by molar-refractivity contribution is 8.00. The summed E-state index contributed by atoms with van der Waals surface area (Å²) in [5.74, 6) is -0.494. The van der Waals surface area contributed by atoms with Crippen LogP contribution in [0.15, 0.2) is 35.2 Å². The lowest BCUT2D eigenvalue weighted by molar-refractivity contribution is -0.148. The molecule has 6 heteroatoms. The van der Waals surface area contributed by atoms with Crippen LogP contribution in [0.25, 0.3) is 6.08 Å². The summed E-state index contributed by atoms with van der Waals surface area (Å²) in [4.78, 5) is 11.5. The fourth-order valence-electron chi connectivity index (χ4n) is 1.28. The number of esters is 1. The summed E-state index contributed by atoms with van der Waals surface area (Å²) < 4.78 is 41.5. The fraction of sp³-hybridized carbons (Fsp3) is 0.357. The average Bonchev–Trinajstić information content (AvgIpc) is 2.23. The van der Waals surface area contributed by atoms with Crippen molar-refractivity contribution in [2.24, 2.45) is 0 Å². The van der Waals surface area contributed by atoms with Gasteiger partial charge in [0.2, 0.25) is 0 Å². The first-order chi connectivity index (χ1) is 9.05. The molecule has 0 heterocycles. The summed E-state index contributed by atoms with van der Waals surface area (Å²) in [6, 6.07) is 5.73. The van der Waals surface area contributed by atoms with Crippen LogP contribution >= 0.6 is 11.8 Å². The smallest absolute Gasteiger partial charge is 0.446 e. The van der Waals surface area contributed by atoms with Gasteiger partial charge in [-0.05, 0) is 56.3 Å². The van der Waals surface area contributed by atoms with Gasteiger partial charge >= 0.3 is 11.5 Å². The summed E-state index contributed by atoms with van der Waals surface area (Å²) in [6.07, 6.45) is 2.74. The summed E-state index contributed by atoms with van der Waals surface area (Å²) in [7, 11) is 0. The molecule has 0 bridgehead atoms. The number of ether oxygens (including phenoxy) is 1. The molecule has 0 saturated carbocycles. The largest absolute Gasteiger partial charge is 0.457 e. The molecule has 1 rings (SSSR count). The van der Waals surface area contributed by atoms with Crippen molar-refractivity contribution in [3.05, 3.63) is 35.9 Å². The zero-order valence-corrected chi connectivity index (χ0v) is 12.1. The Bertz CT molecular complexity index is 485. The molecule has 0 aliphatic heterocycles. The summed E-state index contributed by atoms with van der Waals surface area (Å²) in [6.45, 7) is 5.26.